The summed E-state index contributed by atoms with van der Waals surface area (Å²) >= 11 is 0. The van der Waals surface area contributed by atoms with Gasteiger partial charge in [0, 0.05) is 11.9 Å². The van der Waals surface area contributed by atoms with Crippen LogP contribution in [0.25, 0.3) is 0 Å². The molecule has 4 nitrogen and oxygen atoms in total. The number of rotatable bonds is 4. The van der Waals surface area contributed by atoms with E-state index in [4.69, 9.17) is 0 Å². The molecule has 0 spiro atoms. The standard InChI is InChI=1S/2C5H10O2.3CH4.2Na/c2*1-3-4(2)5(6)7;;;;;/h2*4H,3H2,1-2H3,(H,6,7);3*1H4;;/q;;;;;2*+1/p-2. The number of carbonyl (C=O) groups is 2. The zero-order valence-corrected chi connectivity index (χ0v) is 15.2. The Morgan fingerprint density at radius 2 is 0.947 bits per heavy atom. The van der Waals surface area contributed by atoms with Crippen LogP contribution in [-0.2, 0) is 9.59 Å². The number of carboxylic acid groups (broad SMARTS) is 2. The van der Waals surface area contributed by atoms with Crippen molar-refractivity contribution in [2.45, 2.75) is 62.8 Å². The van der Waals surface area contributed by atoms with Crippen molar-refractivity contribution in [3.63, 3.8) is 0 Å². The largest absolute Gasteiger partial charge is 1.00 e. The van der Waals surface area contributed by atoms with Gasteiger partial charge in [0.2, 0.25) is 0 Å². The van der Waals surface area contributed by atoms with Crippen molar-refractivity contribution >= 4 is 11.9 Å². The fourth-order valence-electron chi connectivity index (χ4n) is 0.333. The maximum Gasteiger partial charge on any atom is 1.00 e. The molecular formula is C13H30Na2O4. The minimum Gasteiger partial charge on any atom is -0.550 e. The summed E-state index contributed by atoms with van der Waals surface area (Å²) in [5, 5.41) is 19.6. The molecule has 2 unspecified atom stereocenters. The fraction of sp³-hybridized carbons (Fsp3) is 0.846. The molecule has 0 aromatic carbocycles. The van der Waals surface area contributed by atoms with E-state index in [1.54, 1.807) is 13.8 Å². The molecule has 108 valence electrons. The Balaban J connectivity index is -0.0000000240. The molecule has 2 atom stereocenters. The molecule has 0 bridgehead atoms. The third-order valence-corrected chi connectivity index (χ3v) is 2.03. The summed E-state index contributed by atoms with van der Waals surface area (Å²) in [5.74, 6) is -2.50. The second-order valence-corrected chi connectivity index (χ2v) is 3.26. The Hall–Kier alpha value is 0.940. The first-order chi connectivity index (χ1) is 6.36. The van der Waals surface area contributed by atoms with E-state index in [1.165, 1.54) is 0 Å². The molecule has 0 amide bonds. The Labute approximate surface area is 164 Å². The predicted octanol–water partition coefficient (Wildman–Crippen LogP) is -4.52. The average molecular weight is 296 g/mol. The zero-order valence-electron chi connectivity index (χ0n) is 11.2. The third kappa shape index (κ3) is 32.5. The number of carboxylic acids is 2. The van der Waals surface area contributed by atoms with Crippen LogP contribution in [0.4, 0.5) is 0 Å². The van der Waals surface area contributed by atoms with Crippen LogP contribution in [-0.4, -0.2) is 11.9 Å². The Bertz CT molecular complexity index is 167. The number of carbonyl (C=O) groups excluding carboxylic acids is 2. The minimum absolute atomic E-state index is 0. The number of hydrogen-bond donors (Lipinski definition) is 0. The van der Waals surface area contributed by atoms with Gasteiger partial charge in [0.1, 0.15) is 0 Å². The van der Waals surface area contributed by atoms with Crippen LogP contribution in [0.1, 0.15) is 62.8 Å². The molecule has 0 heterocycles. The van der Waals surface area contributed by atoms with E-state index in [2.05, 4.69) is 0 Å². The SMILES string of the molecule is C.C.C.CCC(C)C(=O)[O-].CCC(C)C(=O)[O-].[Na+].[Na+]. The predicted molar refractivity (Wildman–Crippen MR) is 69.1 cm³/mol. The first-order valence-corrected chi connectivity index (χ1v) is 4.78. The quantitative estimate of drug-likeness (QED) is 0.490. The molecule has 0 saturated heterocycles. The van der Waals surface area contributed by atoms with Crippen molar-refractivity contribution in [1.29, 1.82) is 0 Å². The maximum atomic E-state index is 9.82. The van der Waals surface area contributed by atoms with Crippen LogP contribution in [0.15, 0.2) is 0 Å². The van der Waals surface area contributed by atoms with Crippen LogP contribution in [0.2, 0.25) is 0 Å². The van der Waals surface area contributed by atoms with Crippen LogP contribution in [0, 0.1) is 11.8 Å². The van der Waals surface area contributed by atoms with Gasteiger partial charge in [0.15, 0.2) is 0 Å². The molecule has 0 aliphatic carbocycles. The van der Waals surface area contributed by atoms with Crippen molar-refractivity contribution in [2.75, 3.05) is 0 Å². The first kappa shape index (κ1) is 42.7. The van der Waals surface area contributed by atoms with Crippen LogP contribution < -0.4 is 69.3 Å². The van der Waals surface area contributed by atoms with Gasteiger partial charge in [-0.3, -0.25) is 0 Å². The van der Waals surface area contributed by atoms with Gasteiger partial charge in [0.05, 0.1) is 0 Å². The molecule has 0 fully saturated rings. The molecule has 0 aromatic rings. The van der Waals surface area contributed by atoms with E-state index in [0.717, 1.165) is 0 Å². The summed E-state index contributed by atoms with van der Waals surface area (Å²) in [4.78, 5) is 19.6. The molecule has 6 heteroatoms. The topological polar surface area (TPSA) is 80.3 Å². The molecule has 0 aromatic heterocycles. The third-order valence-electron chi connectivity index (χ3n) is 2.03. The van der Waals surface area contributed by atoms with Crippen LogP contribution in [0.3, 0.4) is 0 Å². The van der Waals surface area contributed by atoms with E-state index in [9.17, 15) is 19.8 Å². The van der Waals surface area contributed by atoms with E-state index >= 15 is 0 Å². The molecule has 0 N–H and O–H groups in total. The summed E-state index contributed by atoms with van der Waals surface area (Å²) in [5.41, 5.74) is 0. The normalized spacial score (nSPS) is 9.89. The average Bonchev–Trinajstić information content (AvgIpc) is 2.15. The fourth-order valence-corrected chi connectivity index (χ4v) is 0.333. The molecule has 0 saturated carbocycles. The number of aliphatic carboxylic acids is 2. The summed E-state index contributed by atoms with van der Waals surface area (Å²) in [6, 6.07) is 0. The summed E-state index contributed by atoms with van der Waals surface area (Å²) in [6.07, 6.45) is 1.31. The van der Waals surface area contributed by atoms with Gasteiger partial charge in [-0.05, 0) is 24.7 Å². The van der Waals surface area contributed by atoms with Gasteiger partial charge < -0.3 is 19.8 Å². The van der Waals surface area contributed by atoms with Crippen LogP contribution >= 0.6 is 0 Å². The van der Waals surface area contributed by atoms with E-state index < -0.39 is 11.9 Å². The first-order valence-electron chi connectivity index (χ1n) is 4.78. The Morgan fingerprint density at radius 1 is 0.789 bits per heavy atom. The summed E-state index contributed by atoms with van der Waals surface area (Å²) in [6.45, 7) is 6.91. The molecular weight excluding hydrogens is 266 g/mol. The molecule has 0 aliphatic rings. The van der Waals surface area contributed by atoms with E-state index in [1.807, 2.05) is 13.8 Å². The second kappa shape index (κ2) is 27.3. The monoisotopic (exact) mass is 296 g/mol. The van der Waals surface area contributed by atoms with Gasteiger partial charge >= 0.3 is 59.1 Å². The van der Waals surface area contributed by atoms with Crippen LogP contribution in [0.5, 0.6) is 0 Å². The van der Waals surface area contributed by atoms with Gasteiger partial charge in [0.25, 0.3) is 0 Å². The van der Waals surface area contributed by atoms with Crippen molar-refractivity contribution < 1.29 is 78.9 Å². The second-order valence-electron chi connectivity index (χ2n) is 3.26. The van der Waals surface area contributed by atoms with E-state index in [0.29, 0.717) is 12.8 Å². The molecule has 0 aliphatic heterocycles. The maximum absolute atomic E-state index is 9.82. The van der Waals surface area contributed by atoms with Crippen molar-refractivity contribution in [1.82, 2.24) is 0 Å². The van der Waals surface area contributed by atoms with E-state index in [-0.39, 0.29) is 93.2 Å². The van der Waals surface area contributed by atoms with Crippen molar-refractivity contribution in [3.05, 3.63) is 0 Å². The Kier molecular flexibility index (Phi) is 61.4. The van der Waals surface area contributed by atoms with Gasteiger partial charge in [-0.2, -0.15) is 0 Å². The van der Waals surface area contributed by atoms with Crippen molar-refractivity contribution in [3.8, 4) is 0 Å². The number of hydrogen-bond acceptors (Lipinski definition) is 4. The van der Waals surface area contributed by atoms with Gasteiger partial charge in [-0.15, -0.1) is 0 Å². The van der Waals surface area contributed by atoms with Gasteiger partial charge in [-0.1, -0.05) is 50.0 Å². The van der Waals surface area contributed by atoms with Gasteiger partial charge in [-0.25, -0.2) is 0 Å². The summed E-state index contributed by atoms with van der Waals surface area (Å²) < 4.78 is 0. The molecule has 0 radical (unpaired) electrons. The summed E-state index contributed by atoms with van der Waals surface area (Å²) in [7, 11) is 0. The minimum atomic E-state index is -0.956. The zero-order chi connectivity index (χ0) is 11.7. The molecule has 19 heavy (non-hydrogen) atoms. The van der Waals surface area contributed by atoms with Crippen molar-refractivity contribution in [2.24, 2.45) is 11.8 Å². The smallest absolute Gasteiger partial charge is 0.550 e. The Morgan fingerprint density at radius 3 is 0.947 bits per heavy atom. The molecule has 0 rings (SSSR count).